The lowest BCUT2D eigenvalue weighted by Gasteiger charge is -2.30. The van der Waals surface area contributed by atoms with Gasteiger partial charge >= 0.3 is 0 Å². The van der Waals surface area contributed by atoms with E-state index in [1.54, 1.807) is 4.90 Å². The second kappa shape index (κ2) is 9.75. The van der Waals surface area contributed by atoms with Gasteiger partial charge in [-0.25, -0.2) is 4.99 Å². The first-order chi connectivity index (χ1) is 13.6. The van der Waals surface area contributed by atoms with Gasteiger partial charge in [0, 0.05) is 24.5 Å². The smallest absolute Gasteiger partial charge is 0.241 e. The van der Waals surface area contributed by atoms with E-state index in [2.05, 4.69) is 10.3 Å². The number of unbranched alkanes of at least 4 members (excludes halogenated alkanes) is 2. The molecule has 7 heteroatoms. The van der Waals surface area contributed by atoms with Gasteiger partial charge in [0.2, 0.25) is 16.9 Å². The number of rotatable bonds is 8. The highest BCUT2D eigenvalue weighted by Crippen LogP contribution is 2.20. The quantitative estimate of drug-likeness (QED) is 0.518. The third-order valence-electron chi connectivity index (χ3n) is 4.71. The van der Waals surface area contributed by atoms with Crippen molar-refractivity contribution in [2.75, 3.05) is 6.54 Å². The summed E-state index contributed by atoms with van der Waals surface area (Å²) in [6, 6.07) is 7.46. The molecule has 1 unspecified atom stereocenters. The maximum Gasteiger partial charge on any atom is 0.241 e. The number of amides is 2. The predicted molar refractivity (Wildman–Crippen MR) is 115 cm³/mol. The van der Waals surface area contributed by atoms with Gasteiger partial charge in [-0.2, -0.15) is 0 Å². The molecule has 2 aliphatic rings. The highest BCUT2D eigenvalue weighted by molar-refractivity contribution is 7.80. The van der Waals surface area contributed by atoms with Crippen molar-refractivity contribution in [1.82, 2.24) is 10.2 Å². The van der Waals surface area contributed by atoms with Crippen LogP contribution in [0, 0.1) is 5.92 Å². The molecule has 1 aliphatic heterocycles. The van der Waals surface area contributed by atoms with Gasteiger partial charge in [-0.05, 0) is 42.8 Å². The molecule has 1 aromatic rings. The third kappa shape index (κ3) is 5.14. The molecule has 0 saturated carbocycles. The summed E-state index contributed by atoms with van der Waals surface area (Å²) in [5, 5.41) is 3.86. The molecule has 1 atom stereocenters. The Bertz CT molecular complexity index is 863. The fourth-order valence-electron chi connectivity index (χ4n) is 3.14. The third-order valence-corrected chi connectivity index (χ3v) is 5.39. The largest absolute Gasteiger partial charge is 0.352 e. The number of aliphatic imine (C=N–C) groups is 1. The van der Waals surface area contributed by atoms with E-state index in [-0.39, 0.29) is 17.7 Å². The minimum Gasteiger partial charge on any atom is -0.352 e. The van der Waals surface area contributed by atoms with Crippen molar-refractivity contribution < 1.29 is 9.59 Å². The van der Waals surface area contributed by atoms with Crippen molar-refractivity contribution >= 4 is 46.5 Å². The van der Waals surface area contributed by atoms with E-state index in [1.165, 1.54) is 0 Å². The van der Waals surface area contributed by atoms with Crippen LogP contribution in [0.5, 0.6) is 0 Å². The fourth-order valence-corrected chi connectivity index (χ4v) is 3.63. The Labute approximate surface area is 175 Å². The number of allylic oxidation sites excluding steroid dienone is 3. The number of benzene rings is 1. The Kier molecular flexibility index (Phi) is 7.12. The van der Waals surface area contributed by atoms with Crippen LogP contribution in [-0.4, -0.2) is 34.1 Å². The van der Waals surface area contributed by atoms with Crippen molar-refractivity contribution in [2.45, 2.75) is 32.2 Å². The molecule has 0 spiro atoms. The number of nitrogens with zero attached hydrogens (tertiary/aromatic N) is 2. The molecule has 3 rings (SSSR count). The summed E-state index contributed by atoms with van der Waals surface area (Å²) >= 11 is 11.4. The van der Waals surface area contributed by atoms with Crippen LogP contribution in [0.4, 0.5) is 0 Å². The zero-order valence-corrected chi connectivity index (χ0v) is 17.0. The summed E-state index contributed by atoms with van der Waals surface area (Å²) in [6.07, 6.45) is 10.2. The molecule has 0 fully saturated rings. The van der Waals surface area contributed by atoms with Gasteiger partial charge in [-0.1, -0.05) is 54.4 Å². The molecule has 0 saturated heterocycles. The van der Waals surface area contributed by atoms with Gasteiger partial charge in [-0.15, -0.1) is 0 Å². The van der Waals surface area contributed by atoms with Crippen LogP contribution in [0.2, 0.25) is 5.02 Å². The molecule has 1 aromatic carbocycles. The Hall–Kier alpha value is -2.31. The summed E-state index contributed by atoms with van der Waals surface area (Å²) in [4.78, 5) is 30.5. The first-order valence-corrected chi connectivity index (χ1v) is 10.1. The van der Waals surface area contributed by atoms with Crippen molar-refractivity contribution in [3.05, 3.63) is 59.2 Å². The minimum atomic E-state index is -0.327. The first kappa shape index (κ1) is 20.4. The van der Waals surface area contributed by atoms with E-state index in [9.17, 15) is 9.59 Å². The fraction of sp³-hybridized carbons (Fsp3) is 0.333. The summed E-state index contributed by atoms with van der Waals surface area (Å²) in [5.41, 5.74) is 1.62. The Morgan fingerprint density at radius 3 is 2.86 bits per heavy atom. The van der Waals surface area contributed by atoms with E-state index in [0.29, 0.717) is 35.4 Å². The molecule has 146 valence electrons. The van der Waals surface area contributed by atoms with E-state index in [0.717, 1.165) is 24.8 Å². The van der Waals surface area contributed by atoms with E-state index < -0.39 is 0 Å². The lowest BCUT2D eigenvalue weighted by atomic mass is 9.95. The number of fused-ring (bicyclic) bond motifs is 1. The van der Waals surface area contributed by atoms with E-state index in [4.69, 9.17) is 23.8 Å². The van der Waals surface area contributed by atoms with Gasteiger partial charge in [0.05, 0.1) is 11.6 Å². The average Bonchev–Trinajstić information content (AvgIpc) is 2.69. The molecule has 5 nitrogen and oxygen atoms in total. The van der Waals surface area contributed by atoms with Gasteiger partial charge < -0.3 is 5.32 Å². The molecule has 1 aliphatic carbocycles. The molecule has 2 amide bonds. The number of hydrogen-bond donors (Lipinski definition) is 1. The predicted octanol–water partition coefficient (Wildman–Crippen LogP) is 3.83. The maximum atomic E-state index is 12.6. The summed E-state index contributed by atoms with van der Waals surface area (Å²) in [5.74, 6) is -0.349. The van der Waals surface area contributed by atoms with Crippen LogP contribution >= 0.6 is 23.8 Å². The number of hydrogen-bond acceptors (Lipinski definition) is 3. The van der Waals surface area contributed by atoms with Gasteiger partial charge in [-0.3, -0.25) is 14.5 Å². The monoisotopic (exact) mass is 415 g/mol. The number of carbonyl (C=O) groups excluding carboxylic acids is 2. The standard InChI is InChI=1S/C21H22ClN3O2S/c22-17-10-5-3-8-15(17)14-23-19(26)12-2-1-7-13-25-20(27)16-9-4-6-11-18(16)24-21(25)28/h3-6,8-11,16H,1-2,7,12-14H2,(H,23,26). The van der Waals surface area contributed by atoms with Crippen molar-refractivity contribution in [2.24, 2.45) is 10.9 Å². The van der Waals surface area contributed by atoms with Crippen LogP contribution in [0.3, 0.4) is 0 Å². The van der Waals surface area contributed by atoms with Crippen LogP contribution in [0.25, 0.3) is 0 Å². The second-order valence-corrected chi connectivity index (χ2v) is 7.48. The Balaban J connectivity index is 1.36. The molecule has 0 aromatic heterocycles. The Morgan fingerprint density at radius 1 is 1.21 bits per heavy atom. The van der Waals surface area contributed by atoms with Crippen molar-refractivity contribution in [1.29, 1.82) is 0 Å². The molecule has 28 heavy (non-hydrogen) atoms. The molecule has 1 heterocycles. The van der Waals surface area contributed by atoms with Crippen LogP contribution < -0.4 is 5.32 Å². The van der Waals surface area contributed by atoms with Gasteiger partial charge in [0.25, 0.3) is 0 Å². The SMILES string of the molecule is O=C(CCCCCN1C(=O)C2C=CC=CC2=NC1=S)NCc1ccccc1Cl. The molecular weight excluding hydrogens is 394 g/mol. The van der Waals surface area contributed by atoms with Crippen molar-refractivity contribution in [3.63, 3.8) is 0 Å². The van der Waals surface area contributed by atoms with Crippen LogP contribution in [0.15, 0.2) is 53.6 Å². The minimum absolute atomic E-state index is 0.00198. The van der Waals surface area contributed by atoms with E-state index in [1.807, 2.05) is 48.6 Å². The molecule has 0 bridgehead atoms. The summed E-state index contributed by atoms with van der Waals surface area (Å²) < 4.78 is 0. The highest BCUT2D eigenvalue weighted by Gasteiger charge is 2.33. The average molecular weight is 416 g/mol. The van der Waals surface area contributed by atoms with E-state index >= 15 is 0 Å². The number of carbonyl (C=O) groups is 2. The number of halogens is 1. The summed E-state index contributed by atoms with van der Waals surface area (Å²) in [7, 11) is 0. The number of thiocarbonyl (C=S) groups is 1. The lowest BCUT2D eigenvalue weighted by molar-refractivity contribution is -0.128. The summed E-state index contributed by atoms with van der Waals surface area (Å²) in [6.45, 7) is 0.961. The van der Waals surface area contributed by atoms with Crippen LogP contribution in [-0.2, 0) is 16.1 Å². The zero-order chi connectivity index (χ0) is 19.9. The second-order valence-electron chi connectivity index (χ2n) is 6.71. The highest BCUT2D eigenvalue weighted by atomic mass is 35.5. The molecule has 1 N–H and O–H groups in total. The maximum absolute atomic E-state index is 12.6. The first-order valence-electron chi connectivity index (χ1n) is 9.35. The zero-order valence-electron chi connectivity index (χ0n) is 15.4. The Morgan fingerprint density at radius 2 is 2.04 bits per heavy atom. The van der Waals surface area contributed by atoms with Gasteiger partial charge in [0.15, 0.2) is 0 Å². The van der Waals surface area contributed by atoms with Gasteiger partial charge in [0.1, 0.15) is 0 Å². The van der Waals surface area contributed by atoms with Crippen molar-refractivity contribution in [3.8, 4) is 0 Å². The molecular formula is C21H22ClN3O2S. The topological polar surface area (TPSA) is 61.8 Å². The lowest BCUT2D eigenvalue weighted by Crippen LogP contribution is -2.46. The number of nitrogens with one attached hydrogen (secondary N) is 1. The normalized spacial score (nSPS) is 18.1. The van der Waals surface area contributed by atoms with Crippen LogP contribution in [0.1, 0.15) is 31.2 Å². The molecule has 0 radical (unpaired) electrons.